The van der Waals surface area contributed by atoms with E-state index < -0.39 is 18.2 Å². The van der Waals surface area contributed by atoms with Crippen LogP contribution in [-0.2, 0) is 16.0 Å². The SMILES string of the molecule is Cc1cc(C)c2c(CC(=O)N[C@H]3CCO[C@H](CO)[C@H]3O)coc2c1C. The monoisotopic (exact) mass is 347 g/mol. The molecule has 0 saturated carbocycles. The van der Waals surface area contributed by atoms with E-state index in [1.165, 1.54) is 0 Å². The molecule has 0 spiro atoms. The van der Waals surface area contributed by atoms with Gasteiger partial charge in [0.15, 0.2) is 0 Å². The summed E-state index contributed by atoms with van der Waals surface area (Å²) in [5.41, 5.74) is 5.00. The molecule has 1 aliphatic rings. The third-order valence-corrected chi connectivity index (χ3v) is 5.06. The van der Waals surface area contributed by atoms with Crippen LogP contribution in [-0.4, -0.2) is 47.6 Å². The van der Waals surface area contributed by atoms with Crippen LogP contribution in [0.5, 0.6) is 0 Å². The first-order valence-corrected chi connectivity index (χ1v) is 8.59. The molecular weight excluding hydrogens is 322 g/mol. The van der Waals surface area contributed by atoms with Gasteiger partial charge in [-0.25, -0.2) is 0 Å². The maximum Gasteiger partial charge on any atom is 0.224 e. The van der Waals surface area contributed by atoms with Crippen molar-refractivity contribution in [2.24, 2.45) is 0 Å². The summed E-state index contributed by atoms with van der Waals surface area (Å²) in [5.74, 6) is -0.178. The largest absolute Gasteiger partial charge is 0.464 e. The Kier molecular flexibility index (Phi) is 5.13. The van der Waals surface area contributed by atoms with E-state index in [0.29, 0.717) is 13.0 Å². The number of aliphatic hydroxyl groups is 2. The van der Waals surface area contributed by atoms with E-state index in [1.54, 1.807) is 6.26 Å². The van der Waals surface area contributed by atoms with Gasteiger partial charge in [0.1, 0.15) is 17.8 Å². The first kappa shape index (κ1) is 17.9. The Morgan fingerprint density at radius 2 is 2.08 bits per heavy atom. The van der Waals surface area contributed by atoms with E-state index in [2.05, 4.69) is 11.4 Å². The lowest BCUT2D eigenvalue weighted by atomic mass is 9.97. The van der Waals surface area contributed by atoms with Crippen molar-refractivity contribution >= 4 is 16.9 Å². The highest BCUT2D eigenvalue weighted by Crippen LogP contribution is 2.30. The van der Waals surface area contributed by atoms with Crippen LogP contribution in [0.15, 0.2) is 16.7 Å². The number of hydrogen-bond acceptors (Lipinski definition) is 5. The molecule has 3 N–H and O–H groups in total. The highest BCUT2D eigenvalue weighted by atomic mass is 16.5. The summed E-state index contributed by atoms with van der Waals surface area (Å²) in [6.45, 7) is 6.20. The molecule has 1 saturated heterocycles. The number of aliphatic hydroxyl groups excluding tert-OH is 2. The molecule has 2 aromatic rings. The normalized spacial score (nSPS) is 23.8. The van der Waals surface area contributed by atoms with E-state index in [0.717, 1.165) is 33.2 Å². The molecular formula is C19H25NO5. The quantitative estimate of drug-likeness (QED) is 0.780. The second kappa shape index (κ2) is 7.15. The summed E-state index contributed by atoms with van der Waals surface area (Å²) in [6.07, 6.45) is 0.787. The predicted octanol–water partition coefficient (Wildman–Crippen LogP) is 1.53. The van der Waals surface area contributed by atoms with E-state index >= 15 is 0 Å². The van der Waals surface area contributed by atoms with Gasteiger partial charge in [-0.15, -0.1) is 0 Å². The molecule has 2 heterocycles. The molecule has 0 aliphatic carbocycles. The zero-order valence-corrected chi connectivity index (χ0v) is 14.8. The fourth-order valence-electron chi connectivity index (χ4n) is 3.54. The molecule has 6 nitrogen and oxygen atoms in total. The Bertz CT molecular complexity index is 782. The minimum Gasteiger partial charge on any atom is -0.464 e. The van der Waals surface area contributed by atoms with E-state index in [9.17, 15) is 15.0 Å². The summed E-state index contributed by atoms with van der Waals surface area (Å²) in [4.78, 5) is 12.5. The molecule has 1 aromatic heterocycles. The van der Waals surface area contributed by atoms with Gasteiger partial charge >= 0.3 is 0 Å². The average Bonchev–Trinajstić information content (AvgIpc) is 2.99. The van der Waals surface area contributed by atoms with Crippen LogP contribution in [0.1, 0.15) is 28.7 Å². The molecule has 1 aromatic carbocycles. The molecule has 25 heavy (non-hydrogen) atoms. The van der Waals surface area contributed by atoms with Gasteiger partial charge < -0.3 is 24.7 Å². The first-order chi connectivity index (χ1) is 11.9. The van der Waals surface area contributed by atoms with E-state index in [4.69, 9.17) is 9.15 Å². The van der Waals surface area contributed by atoms with Crippen molar-refractivity contribution in [2.45, 2.75) is 51.9 Å². The highest BCUT2D eigenvalue weighted by Gasteiger charge is 2.33. The zero-order chi connectivity index (χ0) is 18.1. The van der Waals surface area contributed by atoms with Crippen molar-refractivity contribution in [3.05, 3.63) is 34.6 Å². The van der Waals surface area contributed by atoms with Gasteiger partial charge in [0, 0.05) is 17.6 Å². The predicted molar refractivity (Wildman–Crippen MR) is 93.5 cm³/mol. The number of benzene rings is 1. The number of hydrogen-bond donors (Lipinski definition) is 3. The Balaban J connectivity index is 1.76. The van der Waals surface area contributed by atoms with E-state index in [1.807, 2.05) is 20.8 Å². The van der Waals surface area contributed by atoms with E-state index in [-0.39, 0.29) is 18.9 Å². The van der Waals surface area contributed by atoms with Crippen molar-refractivity contribution in [2.75, 3.05) is 13.2 Å². The number of carbonyl (C=O) groups excluding carboxylic acids is 1. The third-order valence-electron chi connectivity index (χ3n) is 5.06. The first-order valence-electron chi connectivity index (χ1n) is 8.59. The van der Waals surface area contributed by atoms with Gasteiger partial charge in [0.25, 0.3) is 0 Å². The van der Waals surface area contributed by atoms with Gasteiger partial charge in [-0.1, -0.05) is 6.07 Å². The minimum atomic E-state index is -0.907. The van der Waals surface area contributed by atoms with Crippen molar-refractivity contribution < 1.29 is 24.2 Å². The van der Waals surface area contributed by atoms with Crippen molar-refractivity contribution in [1.29, 1.82) is 0 Å². The second-order valence-electron chi connectivity index (χ2n) is 6.82. The van der Waals surface area contributed by atoms with Gasteiger partial charge in [0.05, 0.1) is 25.3 Å². The van der Waals surface area contributed by atoms with Gasteiger partial charge in [-0.2, -0.15) is 0 Å². The zero-order valence-electron chi connectivity index (χ0n) is 14.8. The number of furan rings is 1. The number of aryl methyl sites for hydroxylation is 3. The fourth-order valence-corrected chi connectivity index (χ4v) is 3.54. The average molecular weight is 347 g/mol. The molecule has 1 fully saturated rings. The number of carbonyl (C=O) groups is 1. The summed E-state index contributed by atoms with van der Waals surface area (Å²) in [7, 11) is 0. The van der Waals surface area contributed by atoms with Crippen LogP contribution in [0, 0.1) is 20.8 Å². The van der Waals surface area contributed by atoms with Crippen molar-refractivity contribution in [3.63, 3.8) is 0 Å². The molecule has 3 atom stereocenters. The lowest BCUT2D eigenvalue weighted by Gasteiger charge is -2.34. The van der Waals surface area contributed by atoms with Crippen LogP contribution < -0.4 is 5.32 Å². The topological polar surface area (TPSA) is 91.9 Å². The smallest absolute Gasteiger partial charge is 0.224 e. The Hall–Kier alpha value is -1.89. The second-order valence-corrected chi connectivity index (χ2v) is 6.82. The molecule has 0 bridgehead atoms. The van der Waals surface area contributed by atoms with Gasteiger partial charge in [-0.3, -0.25) is 4.79 Å². The number of rotatable bonds is 4. The number of fused-ring (bicyclic) bond motifs is 1. The number of amides is 1. The number of ether oxygens (including phenoxy) is 1. The molecule has 3 rings (SSSR count). The Morgan fingerprint density at radius 3 is 2.80 bits per heavy atom. The van der Waals surface area contributed by atoms with Crippen molar-refractivity contribution in [3.8, 4) is 0 Å². The lowest BCUT2D eigenvalue weighted by molar-refractivity contribution is -0.131. The fraction of sp³-hybridized carbons (Fsp3) is 0.526. The van der Waals surface area contributed by atoms with Crippen LogP contribution >= 0.6 is 0 Å². The summed E-state index contributed by atoms with van der Waals surface area (Å²) < 4.78 is 11.0. The van der Waals surface area contributed by atoms with Crippen LogP contribution in [0.4, 0.5) is 0 Å². The Morgan fingerprint density at radius 1 is 1.32 bits per heavy atom. The highest BCUT2D eigenvalue weighted by molar-refractivity contribution is 5.92. The molecule has 6 heteroatoms. The summed E-state index contributed by atoms with van der Waals surface area (Å²) >= 11 is 0. The summed E-state index contributed by atoms with van der Waals surface area (Å²) in [5, 5.41) is 23.2. The molecule has 0 radical (unpaired) electrons. The summed E-state index contributed by atoms with van der Waals surface area (Å²) in [6, 6.07) is 1.68. The molecule has 1 aliphatic heterocycles. The van der Waals surface area contributed by atoms with Crippen LogP contribution in [0.2, 0.25) is 0 Å². The number of nitrogens with one attached hydrogen (secondary N) is 1. The lowest BCUT2D eigenvalue weighted by Crippen LogP contribution is -2.54. The van der Waals surface area contributed by atoms with Crippen LogP contribution in [0.25, 0.3) is 11.0 Å². The maximum absolute atomic E-state index is 12.5. The molecule has 1 amide bonds. The maximum atomic E-state index is 12.5. The van der Waals surface area contributed by atoms with Crippen molar-refractivity contribution in [1.82, 2.24) is 5.32 Å². The molecule has 0 unspecified atom stereocenters. The standard InChI is InChI=1S/C19H25NO5/c1-10-6-11(2)17-13(9-25-19(17)12(10)3)7-16(22)20-14-4-5-24-15(8-21)18(14)23/h6,9,14-15,18,21,23H,4-5,7-8H2,1-3H3,(H,20,22)/t14-,15+,18-/m0/s1. The minimum absolute atomic E-state index is 0.178. The molecule has 136 valence electrons. The third kappa shape index (κ3) is 3.42. The van der Waals surface area contributed by atoms with Crippen LogP contribution in [0.3, 0.4) is 0 Å². The van der Waals surface area contributed by atoms with Gasteiger partial charge in [-0.05, 0) is 43.9 Å². The van der Waals surface area contributed by atoms with Gasteiger partial charge in [0.2, 0.25) is 5.91 Å². The Labute approximate surface area is 146 Å².